The lowest BCUT2D eigenvalue weighted by Crippen LogP contribution is -2.52. The molecule has 1 N–H and O–H groups in total. The Morgan fingerprint density at radius 1 is 1.07 bits per heavy atom. The zero-order valence-corrected chi connectivity index (χ0v) is 18.3. The van der Waals surface area contributed by atoms with Gasteiger partial charge in [0, 0.05) is 34.7 Å². The molecule has 0 aromatic heterocycles. The maximum absolute atomic E-state index is 14.2. The van der Waals surface area contributed by atoms with Crippen LogP contribution in [0, 0.1) is 5.82 Å². The highest BCUT2D eigenvalue weighted by Crippen LogP contribution is 2.20. The smallest absolute Gasteiger partial charge is 0.242 e. The van der Waals surface area contributed by atoms with Gasteiger partial charge in [-0.25, -0.2) is 4.39 Å². The van der Waals surface area contributed by atoms with Crippen molar-refractivity contribution in [3.63, 3.8) is 0 Å². The third kappa shape index (κ3) is 7.54. The molecule has 0 bridgehead atoms. The molecule has 0 saturated heterocycles. The molecule has 0 spiro atoms. The van der Waals surface area contributed by atoms with Crippen LogP contribution in [0.2, 0.25) is 0 Å². The van der Waals surface area contributed by atoms with Crippen molar-refractivity contribution in [2.24, 2.45) is 0 Å². The van der Waals surface area contributed by atoms with Gasteiger partial charge in [0.1, 0.15) is 11.9 Å². The van der Waals surface area contributed by atoms with Gasteiger partial charge in [0.15, 0.2) is 0 Å². The number of hydrogen-bond acceptors (Lipinski definition) is 3. The van der Waals surface area contributed by atoms with Gasteiger partial charge in [0.2, 0.25) is 11.8 Å². The van der Waals surface area contributed by atoms with Gasteiger partial charge in [-0.1, -0.05) is 36.4 Å². The summed E-state index contributed by atoms with van der Waals surface area (Å²) in [6, 6.07) is 15.5. The van der Waals surface area contributed by atoms with E-state index in [2.05, 4.69) is 5.32 Å². The van der Waals surface area contributed by atoms with Crippen molar-refractivity contribution in [1.29, 1.82) is 0 Å². The highest BCUT2D eigenvalue weighted by atomic mass is 32.2. The highest BCUT2D eigenvalue weighted by Gasteiger charge is 2.28. The molecule has 2 rings (SSSR count). The second kappa shape index (κ2) is 10.4. The number of nitrogens with one attached hydrogen (secondary N) is 1. The highest BCUT2D eigenvalue weighted by molar-refractivity contribution is 7.99. The fourth-order valence-corrected chi connectivity index (χ4v) is 3.65. The minimum atomic E-state index is -0.706. The van der Waals surface area contributed by atoms with E-state index in [1.165, 1.54) is 11.0 Å². The van der Waals surface area contributed by atoms with Crippen molar-refractivity contribution < 1.29 is 14.0 Å². The Hall–Kier alpha value is -2.34. The second-order valence-electron chi connectivity index (χ2n) is 7.94. The Kier molecular flexibility index (Phi) is 8.26. The Balaban J connectivity index is 2.11. The van der Waals surface area contributed by atoms with E-state index in [-0.39, 0.29) is 30.6 Å². The molecule has 156 valence electrons. The maximum Gasteiger partial charge on any atom is 0.242 e. The molecule has 29 heavy (non-hydrogen) atoms. The lowest BCUT2D eigenvalue weighted by atomic mass is 10.1. The summed E-state index contributed by atoms with van der Waals surface area (Å²) in [6.07, 6.45) is 0.265. The monoisotopic (exact) mass is 416 g/mol. The van der Waals surface area contributed by atoms with E-state index < -0.39 is 11.6 Å². The molecule has 0 saturated carbocycles. The van der Waals surface area contributed by atoms with Crippen LogP contribution in [0.25, 0.3) is 0 Å². The summed E-state index contributed by atoms with van der Waals surface area (Å²) in [5.74, 6) is -0.219. The molecule has 0 fully saturated rings. The van der Waals surface area contributed by atoms with Crippen molar-refractivity contribution in [1.82, 2.24) is 10.2 Å². The van der Waals surface area contributed by atoms with E-state index in [4.69, 9.17) is 0 Å². The van der Waals surface area contributed by atoms with Gasteiger partial charge < -0.3 is 10.2 Å². The number of carbonyl (C=O) groups excluding carboxylic acids is 2. The minimum absolute atomic E-state index is 0.0558. The fraction of sp³-hybridized carbons (Fsp3) is 0.391. The molecule has 0 aliphatic rings. The number of benzene rings is 2. The number of halogens is 1. The zero-order valence-electron chi connectivity index (χ0n) is 17.4. The van der Waals surface area contributed by atoms with Crippen molar-refractivity contribution >= 4 is 23.6 Å². The van der Waals surface area contributed by atoms with Gasteiger partial charge >= 0.3 is 0 Å². The number of thioether (sulfide) groups is 1. The van der Waals surface area contributed by atoms with Crippen LogP contribution in [0.4, 0.5) is 4.39 Å². The molecule has 2 amide bonds. The second-order valence-corrected chi connectivity index (χ2v) is 9.11. The standard InChI is InChI=1S/C23H29FN2O2S/c1-17(22(28)25-23(2,3)4)26(16-18-10-8-9-13-20(18)24)21(27)14-15-29-19-11-6-5-7-12-19/h5-13,17H,14-16H2,1-4H3,(H,25,28). The van der Waals surface area contributed by atoms with Gasteiger partial charge in [-0.05, 0) is 45.9 Å². The third-order valence-electron chi connectivity index (χ3n) is 4.29. The lowest BCUT2D eigenvalue weighted by molar-refractivity contribution is -0.141. The van der Waals surface area contributed by atoms with Gasteiger partial charge in [0.05, 0.1) is 0 Å². The largest absolute Gasteiger partial charge is 0.350 e. The van der Waals surface area contributed by atoms with E-state index in [0.717, 1.165) is 4.90 Å². The molecule has 2 aromatic carbocycles. The van der Waals surface area contributed by atoms with Crippen molar-refractivity contribution in [2.45, 2.75) is 57.1 Å². The van der Waals surface area contributed by atoms with Crippen LogP contribution in [-0.2, 0) is 16.1 Å². The first kappa shape index (κ1) is 22.9. The van der Waals surface area contributed by atoms with Crippen molar-refractivity contribution in [2.75, 3.05) is 5.75 Å². The molecule has 1 unspecified atom stereocenters. The van der Waals surface area contributed by atoms with Crippen molar-refractivity contribution in [3.05, 3.63) is 66.0 Å². The third-order valence-corrected chi connectivity index (χ3v) is 5.31. The summed E-state index contributed by atoms with van der Waals surface area (Å²) in [6.45, 7) is 7.40. The average Bonchev–Trinajstić information content (AvgIpc) is 2.66. The summed E-state index contributed by atoms with van der Waals surface area (Å²) in [5, 5.41) is 2.90. The van der Waals surface area contributed by atoms with E-state index in [9.17, 15) is 14.0 Å². The molecular weight excluding hydrogens is 387 g/mol. The Labute approximate surface area is 176 Å². The van der Waals surface area contributed by atoms with E-state index in [1.807, 2.05) is 51.1 Å². The van der Waals surface area contributed by atoms with Crippen LogP contribution in [-0.4, -0.2) is 34.0 Å². The molecular formula is C23H29FN2O2S. The van der Waals surface area contributed by atoms with E-state index >= 15 is 0 Å². The van der Waals surface area contributed by atoms with Crippen LogP contribution < -0.4 is 5.32 Å². The summed E-state index contributed by atoms with van der Waals surface area (Å²) in [5.41, 5.74) is -0.0201. The number of hydrogen-bond donors (Lipinski definition) is 1. The quantitative estimate of drug-likeness (QED) is 0.638. The molecule has 6 heteroatoms. The SMILES string of the molecule is CC(C(=O)NC(C)(C)C)N(Cc1ccccc1F)C(=O)CCSc1ccccc1. The average molecular weight is 417 g/mol. The summed E-state index contributed by atoms with van der Waals surface area (Å²) >= 11 is 1.58. The summed E-state index contributed by atoms with van der Waals surface area (Å²) in [4.78, 5) is 28.2. The molecule has 2 aromatic rings. The summed E-state index contributed by atoms with van der Waals surface area (Å²) < 4.78 is 14.2. The Bertz CT molecular complexity index is 821. The number of amides is 2. The van der Waals surface area contributed by atoms with Gasteiger partial charge in [-0.3, -0.25) is 9.59 Å². The first-order valence-electron chi connectivity index (χ1n) is 9.70. The topological polar surface area (TPSA) is 49.4 Å². The predicted octanol–water partition coefficient (Wildman–Crippen LogP) is 4.64. The normalized spacial score (nSPS) is 12.3. The van der Waals surface area contributed by atoms with Crippen LogP contribution in [0.3, 0.4) is 0 Å². The molecule has 1 atom stereocenters. The maximum atomic E-state index is 14.2. The van der Waals surface area contributed by atoms with Gasteiger partial charge in [-0.2, -0.15) is 0 Å². The van der Waals surface area contributed by atoms with Crippen LogP contribution in [0.1, 0.15) is 39.7 Å². The number of nitrogens with zero attached hydrogens (tertiary/aromatic N) is 1. The first-order valence-corrected chi connectivity index (χ1v) is 10.7. The molecule has 4 nitrogen and oxygen atoms in total. The van der Waals surface area contributed by atoms with Crippen LogP contribution >= 0.6 is 11.8 Å². The van der Waals surface area contributed by atoms with E-state index in [1.54, 1.807) is 36.9 Å². The van der Waals surface area contributed by atoms with Crippen LogP contribution in [0.15, 0.2) is 59.5 Å². The van der Waals surface area contributed by atoms with Gasteiger partial charge in [0.25, 0.3) is 0 Å². The predicted molar refractivity (Wildman–Crippen MR) is 116 cm³/mol. The van der Waals surface area contributed by atoms with E-state index in [0.29, 0.717) is 11.3 Å². The Morgan fingerprint density at radius 3 is 2.31 bits per heavy atom. The first-order chi connectivity index (χ1) is 13.7. The molecule has 0 aliphatic heterocycles. The minimum Gasteiger partial charge on any atom is -0.350 e. The Morgan fingerprint density at radius 2 is 1.69 bits per heavy atom. The van der Waals surface area contributed by atoms with Crippen LogP contribution in [0.5, 0.6) is 0 Å². The lowest BCUT2D eigenvalue weighted by Gasteiger charge is -2.31. The number of carbonyl (C=O) groups is 2. The summed E-state index contributed by atoms with van der Waals surface area (Å²) in [7, 11) is 0. The van der Waals surface area contributed by atoms with Crippen molar-refractivity contribution in [3.8, 4) is 0 Å². The molecule has 0 radical (unpaired) electrons. The zero-order chi connectivity index (χ0) is 21.4. The fourth-order valence-electron chi connectivity index (χ4n) is 2.78. The number of rotatable bonds is 8. The molecule has 0 aliphatic carbocycles. The molecule has 0 heterocycles. The van der Waals surface area contributed by atoms with Gasteiger partial charge in [-0.15, -0.1) is 11.8 Å².